The normalized spacial score (nSPS) is 13.6. The molecular formula is C11H25NS. The minimum Gasteiger partial charge on any atom is -0.316 e. The fourth-order valence-corrected chi connectivity index (χ4v) is 2.01. The van der Waals surface area contributed by atoms with Gasteiger partial charge in [0.1, 0.15) is 0 Å². The molecule has 0 spiro atoms. The molecule has 0 aromatic rings. The molecule has 0 amide bonds. The maximum Gasteiger partial charge on any atom is -0.00153 e. The van der Waals surface area contributed by atoms with Gasteiger partial charge in [-0.3, -0.25) is 0 Å². The molecule has 0 aliphatic carbocycles. The highest BCUT2D eigenvalue weighted by Gasteiger charge is 1.99. The average molecular weight is 203 g/mol. The van der Waals surface area contributed by atoms with Crippen LogP contribution < -0.4 is 5.32 Å². The molecule has 0 fully saturated rings. The Kier molecular flexibility index (Phi) is 9.10. The van der Waals surface area contributed by atoms with Crippen LogP contribution in [-0.4, -0.2) is 25.1 Å². The van der Waals surface area contributed by atoms with E-state index in [0.29, 0.717) is 0 Å². The standard InChI is InChI=1S/C11H25NS/c1-10(2)6-5-7-12-8-11(3)9-13-4/h10-12H,5-9H2,1-4H3. The Bertz CT molecular complexity index is 104. The summed E-state index contributed by atoms with van der Waals surface area (Å²) in [6.45, 7) is 9.26. The highest BCUT2D eigenvalue weighted by Crippen LogP contribution is 2.04. The van der Waals surface area contributed by atoms with E-state index in [-0.39, 0.29) is 0 Å². The molecule has 0 radical (unpaired) electrons. The van der Waals surface area contributed by atoms with Crippen molar-refractivity contribution >= 4 is 11.8 Å². The molecule has 0 heterocycles. The Morgan fingerprint density at radius 2 is 1.92 bits per heavy atom. The van der Waals surface area contributed by atoms with Crippen LogP contribution >= 0.6 is 11.8 Å². The van der Waals surface area contributed by atoms with Crippen LogP contribution in [-0.2, 0) is 0 Å². The molecule has 1 nitrogen and oxygen atoms in total. The zero-order valence-corrected chi connectivity index (χ0v) is 10.4. The number of thioether (sulfide) groups is 1. The molecule has 13 heavy (non-hydrogen) atoms. The van der Waals surface area contributed by atoms with Gasteiger partial charge in [0.15, 0.2) is 0 Å². The Morgan fingerprint density at radius 1 is 1.23 bits per heavy atom. The topological polar surface area (TPSA) is 12.0 Å². The fraction of sp³-hybridized carbons (Fsp3) is 1.00. The second kappa shape index (κ2) is 8.89. The van der Waals surface area contributed by atoms with Crippen molar-refractivity contribution < 1.29 is 0 Å². The van der Waals surface area contributed by atoms with Crippen LogP contribution in [0.15, 0.2) is 0 Å². The summed E-state index contributed by atoms with van der Waals surface area (Å²) in [6, 6.07) is 0. The number of hydrogen-bond donors (Lipinski definition) is 1. The van der Waals surface area contributed by atoms with Gasteiger partial charge in [0.25, 0.3) is 0 Å². The summed E-state index contributed by atoms with van der Waals surface area (Å²) in [7, 11) is 0. The van der Waals surface area contributed by atoms with Crippen molar-refractivity contribution in [3.05, 3.63) is 0 Å². The third kappa shape index (κ3) is 10.2. The maximum atomic E-state index is 3.51. The predicted octanol–water partition coefficient (Wildman–Crippen LogP) is 3.01. The van der Waals surface area contributed by atoms with Gasteiger partial charge in [0.05, 0.1) is 0 Å². The Morgan fingerprint density at radius 3 is 2.46 bits per heavy atom. The third-order valence-corrected chi connectivity index (χ3v) is 2.98. The van der Waals surface area contributed by atoms with Crippen molar-refractivity contribution in [1.29, 1.82) is 0 Å². The first-order valence-corrected chi connectivity index (χ1v) is 6.75. The van der Waals surface area contributed by atoms with Gasteiger partial charge in [-0.2, -0.15) is 11.8 Å². The lowest BCUT2D eigenvalue weighted by Gasteiger charge is -2.11. The summed E-state index contributed by atoms with van der Waals surface area (Å²) in [5.74, 6) is 2.94. The summed E-state index contributed by atoms with van der Waals surface area (Å²) < 4.78 is 0. The maximum absolute atomic E-state index is 3.51. The third-order valence-electron chi connectivity index (χ3n) is 2.08. The van der Waals surface area contributed by atoms with Gasteiger partial charge in [-0.05, 0) is 49.8 Å². The lowest BCUT2D eigenvalue weighted by atomic mass is 10.1. The van der Waals surface area contributed by atoms with Crippen LogP contribution in [0.2, 0.25) is 0 Å². The molecule has 0 rings (SSSR count). The van der Waals surface area contributed by atoms with Gasteiger partial charge in [0.2, 0.25) is 0 Å². The van der Waals surface area contributed by atoms with Gasteiger partial charge in [-0.1, -0.05) is 20.8 Å². The molecule has 0 saturated heterocycles. The molecule has 1 unspecified atom stereocenters. The van der Waals surface area contributed by atoms with E-state index in [1.54, 1.807) is 0 Å². The van der Waals surface area contributed by atoms with E-state index in [1.807, 2.05) is 11.8 Å². The molecule has 0 aliphatic heterocycles. The molecule has 0 bridgehead atoms. The van der Waals surface area contributed by atoms with Gasteiger partial charge in [-0.25, -0.2) is 0 Å². The lowest BCUT2D eigenvalue weighted by Crippen LogP contribution is -2.23. The summed E-state index contributed by atoms with van der Waals surface area (Å²) in [5, 5.41) is 3.51. The molecule has 2 heteroatoms. The minimum atomic E-state index is 0.814. The largest absolute Gasteiger partial charge is 0.316 e. The molecule has 1 atom stereocenters. The van der Waals surface area contributed by atoms with Crippen LogP contribution in [0.25, 0.3) is 0 Å². The van der Waals surface area contributed by atoms with Crippen LogP contribution in [0.5, 0.6) is 0 Å². The minimum absolute atomic E-state index is 0.814. The zero-order valence-electron chi connectivity index (χ0n) is 9.60. The van der Waals surface area contributed by atoms with E-state index in [4.69, 9.17) is 0 Å². The first-order valence-electron chi connectivity index (χ1n) is 5.36. The molecule has 0 saturated carbocycles. The van der Waals surface area contributed by atoms with E-state index in [2.05, 4.69) is 32.3 Å². The smallest absolute Gasteiger partial charge is 0.00153 e. The molecule has 80 valence electrons. The van der Waals surface area contributed by atoms with Crippen molar-refractivity contribution in [2.24, 2.45) is 11.8 Å². The van der Waals surface area contributed by atoms with Crippen molar-refractivity contribution in [2.75, 3.05) is 25.1 Å². The number of hydrogen-bond acceptors (Lipinski definition) is 2. The van der Waals surface area contributed by atoms with Crippen LogP contribution in [0, 0.1) is 11.8 Å². The SMILES string of the molecule is CSCC(C)CNCCCC(C)C. The number of nitrogens with one attached hydrogen (secondary N) is 1. The van der Waals surface area contributed by atoms with Gasteiger partial charge >= 0.3 is 0 Å². The summed E-state index contributed by atoms with van der Waals surface area (Å²) in [5.41, 5.74) is 0. The lowest BCUT2D eigenvalue weighted by molar-refractivity contribution is 0.501. The van der Waals surface area contributed by atoms with Crippen LogP contribution in [0.4, 0.5) is 0 Å². The van der Waals surface area contributed by atoms with Crippen LogP contribution in [0.1, 0.15) is 33.6 Å². The zero-order chi connectivity index (χ0) is 10.1. The fourth-order valence-electron chi connectivity index (χ4n) is 1.33. The number of rotatable bonds is 8. The van der Waals surface area contributed by atoms with Crippen molar-refractivity contribution in [2.45, 2.75) is 33.6 Å². The molecule has 0 aromatic heterocycles. The first-order chi connectivity index (χ1) is 6.16. The van der Waals surface area contributed by atoms with E-state index in [1.165, 1.54) is 31.7 Å². The van der Waals surface area contributed by atoms with Crippen LogP contribution in [0.3, 0.4) is 0 Å². The second-order valence-electron chi connectivity index (χ2n) is 4.30. The van der Waals surface area contributed by atoms with E-state index >= 15 is 0 Å². The summed E-state index contributed by atoms with van der Waals surface area (Å²) in [4.78, 5) is 0. The van der Waals surface area contributed by atoms with E-state index in [9.17, 15) is 0 Å². The Labute approximate surface area is 88.1 Å². The van der Waals surface area contributed by atoms with Gasteiger partial charge in [0, 0.05) is 0 Å². The predicted molar refractivity (Wildman–Crippen MR) is 64.5 cm³/mol. The monoisotopic (exact) mass is 203 g/mol. The van der Waals surface area contributed by atoms with E-state index < -0.39 is 0 Å². The summed E-state index contributed by atoms with van der Waals surface area (Å²) in [6.07, 6.45) is 4.85. The Hall–Kier alpha value is 0.310. The van der Waals surface area contributed by atoms with Gasteiger partial charge < -0.3 is 5.32 Å². The van der Waals surface area contributed by atoms with Gasteiger partial charge in [-0.15, -0.1) is 0 Å². The highest BCUT2D eigenvalue weighted by molar-refractivity contribution is 7.98. The second-order valence-corrected chi connectivity index (χ2v) is 5.21. The molecule has 0 aliphatic rings. The molecular weight excluding hydrogens is 178 g/mol. The highest BCUT2D eigenvalue weighted by atomic mass is 32.2. The quantitative estimate of drug-likeness (QED) is 0.609. The average Bonchev–Trinajstić information content (AvgIpc) is 2.03. The summed E-state index contributed by atoms with van der Waals surface area (Å²) >= 11 is 1.94. The van der Waals surface area contributed by atoms with Crippen molar-refractivity contribution in [3.63, 3.8) is 0 Å². The molecule has 0 aromatic carbocycles. The molecule has 1 N–H and O–H groups in total. The van der Waals surface area contributed by atoms with Crippen molar-refractivity contribution in [1.82, 2.24) is 5.32 Å². The van der Waals surface area contributed by atoms with Crippen molar-refractivity contribution in [3.8, 4) is 0 Å². The first kappa shape index (κ1) is 13.3. The van der Waals surface area contributed by atoms with E-state index in [0.717, 1.165) is 11.8 Å². The Balaban J connectivity index is 3.06.